The van der Waals surface area contributed by atoms with Crippen molar-refractivity contribution in [2.24, 2.45) is 5.92 Å². The molecule has 2 unspecified atom stereocenters. The summed E-state index contributed by atoms with van der Waals surface area (Å²) < 4.78 is 11.7. The molecule has 0 aromatic heterocycles. The van der Waals surface area contributed by atoms with Crippen LogP contribution < -0.4 is 5.32 Å². The number of hydrogen-bond acceptors (Lipinski definition) is 3. The smallest absolute Gasteiger partial charge is 0.0834 e. The summed E-state index contributed by atoms with van der Waals surface area (Å²) in [5.41, 5.74) is 0.0700. The molecule has 2 fully saturated rings. The summed E-state index contributed by atoms with van der Waals surface area (Å²) in [6.07, 6.45) is 8.71. The average molecular weight is 255 g/mol. The van der Waals surface area contributed by atoms with E-state index in [1.54, 1.807) is 0 Å². The van der Waals surface area contributed by atoms with Gasteiger partial charge in [-0.25, -0.2) is 0 Å². The molecule has 1 aliphatic heterocycles. The highest BCUT2D eigenvalue weighted by Gasteiger charge is 2.45. The van der Waals surface area contributed by atoms with Gasteiger partial charge in [0.2, 0.25) is 0 Å². The summed E-state index contributed by atoms with van der Waals surface area (Å²) >= 11 is 0. The molecule has 0 aromatic carbocycles. The Hall–Kier alpha value is -0.120. The van der Waals surface area contributed by atoms with Gasteiger partial charge in [-0.1, -0.05) is 19.8 Å². The molecule has 1 heterocycles. The number of methoxy groups -OCH3 is 1. The van der Waals surface area contributed by atoms with Crippen LogP contribution >= 0.6 is 0 Å². The summed E-state index contributed by atoms with van der Waals surface area (Å²) in [4.78, 5) is 0. The lowest BCUT2D eigenvalue weighted by Gasteiger charge is -2.43. The van der Waals surface area contributed by atoms with E-state index in [0.29, 0.717) is 12.0 Å². The van der Waals surface area contributed by atoms with Crippen molar-refractivity contribution in [1.29, 1.82) is 0 Å². The molecule has 1 saturated heterocycles. The zero-order valence-corrected chi connectivity index (χ0v) is 12.0. The molecule has 0 aromatic rings. The van der Waals surface area contributed by atoms with E-state index in [1.807, 2.05) is 7.11 Å². The average Bonchev–Trinajstić information content (AvgIpc) is 2.90. The van der Waals surface area contributed by atoms with Crippen LogP contribution in [0.2, 0.25) is 0 Å². The van der Waals surface area contributed by atoms with Gasteiger partial charge in [-0.3, -0.25) is 0 Å². The van der Waals surface area contributed by atoms with Crippen molar-refractivity contribution in [3.05, 3.63) is 0 Å². The predicted octanol–water partition coefficient (Wildman–Crippen LogP) is 2.74. The van der Waals surface area contributed by atoms with Crippen molar-refractivity contribution in [1.82, 2.24) is 5.32 Å². The van der Waals surface area contributed by atoms with Crippen molar-refractivity contribution in [2.45, 2.75) is 63.5 Å². The molecule has 1 aliphatic carbocycles. The third-order valence-electron chi connectivity index (χ3n) is 4.70. The van der Waals surface area contributed by atoms with E-state index < -0.39 is 0 Å². The van der Waals surface area contributed by atoms with Crippen molar-refractivity contribution in [2.75, 3.05) is 26.9 Å². The van der Waals surface area contributed by atoms with Gasteiger partial charge in [0.15, 0.2) is 0 Å². The van der Waals surface area contributed by atoms with E-state index in [-0.39, 0.29) is 5.60 Å². The lowest BCUT2D eigenvalue weighted by molar-refractivity contribution is -0.0745. The van der Waals surface area contributed by atoms with Crippen molar-refractivity contribution in [3.63, 3.8) is 0 Å². The molecule has 0 amide bonds. The minimum absolute atomic E-state index is 0.0700. The Morgan fingerprint density at radius 2 is 2.11 bits per heavy atom. The fraction of sp³-hybridized carbons (Fsp3) is 1.00. The van der Waals surface area contributed by atoms with Gasteiger partial charge in [0, 0.05) is 25.7 Å². The van der Waals surface area contributed by atoms with Crippen LogP contribution in [0, 0.1) is 5.92 Å². The van der Waals surface area contributed by atoms with Crippen LogP contribution in [0.1, 0.15) is 51.9 Å². The summed E-state index contributed by atoms with van der Waals surface area (Å²) in [5, 5.41) is 3.77. The lowest BCUT2D eigenvalue weighted by atomic mass is 9.80. The van der Waals surface area contributed by atoms with E-state index in [0.717, 1.165) is 19.8 Å². The molecule has 18 heavy (non-hydrogen) atoms. The van der Waals surface area contributed by atoms with Crippen molar-refractivity contribution in [3.8, 4) is 0 Å². The highest BCUT2D eigenvalue weighted by atomic mass is 16.5. The SMILES string of the molecule is CCCNC(C1CCCOC1)C1(OC)CCCC1. The second-order valence-electron chi connectivity index (χ2n) is 5.89. The molecule has 2 rings (SSSR count). The molecule has 1 saturated carbocycles. The number of hydrogen-bond donors (Lipinski definition) is 1. The summed E-state index contributed by atoms with van der Waals surface area (Å²) in [5.74, 6) is 0.628. The Morgan fingerprint density at radius 3 is 2.67 bits per heavy atom. The highest BCUT2D eigenvalue weighted by Crippen LogP contribution is 2.39. The van der Waals surface area contributed by atoms with Crippen molar-refractivity contribution < 1.29 is 9.47 Å². The quantitative estimate of drug-likeness (QED) is 0.791. The Labute approximate surface area is 112 Å². The summed E-state index contributed by atoms with van der Waals surface area (Å²) in [6.45, 7) is 5.17. The zero-order valence-electron chi connectivity index (χ0n) is 12.0. The zero-order chi connectivity index (χ0) is 12.8. The Morgan fingerprint density at radius 1 is 1.33 bits per heavy atom. The van der Waals surface area contributed by atoms with Crippen LogP contribution in [-0.2, 0) is 9.47 Å². The van der Waals surface area contributed by atoms with Gasteiger partial charge in [0.1, 0.15) is 0 Å². The third kappa shape index (κ3) is 3.06. The first-order valence-electron chi connectivity index (χ1n) is 7.68. The van der Waals surface area contributed by atoms with Crippen LogP contribution in [0.3, 0.4) is 0 Å². The van der Waals surface area contributed by atoms with Crippen LogP contribution in [0.4, 0.5) is 0 Å². The maximum Gasteiger partial charge on any atom is 0.0834 e. The molecule has 1 N–H and O–H groups in total. The third-order valence-corrected chi connectivity index (χ3v) is 4.70. The van der Waals surface area contributed by atoms with Crippen LogP contribution in [0.15, 0.2) is 0 Å². The van der Waals surface area contributed by atoms with Crippen LogP contribution in [0.5, 0.6) is 0 Å². The molecule has 2 atom stereocenters. The maximum absolute atomic E-state index is 5.99. The van der Waals surface area contributed by atoms with E-state index in [9.17, 15) is 0 Å². The van der Waals surface area contributed by atoms with E-state index in [4.69, 9.17) is 9.47 Å². The fourth-order valence-electron chi connectivity index (χ4n) is 3.73. The largest absolute Gasteiger partial charge is 0.381 e. The van der Waals surface area contributed by atoms with Crippen molar-refractivity contribution >= 4 is 0 Å². The first-order chi connectivity index (χ1) is 8.82. The number of nitrogens with one attached hydrogen (secondary N) is 1. The van der Waals surface area contributed by atoms with Gasteiger partial charge in [-0.05, 0) is 38.6 Å². The molecule has 0 spiro atoms. The van der Waals surface area contributed by atoms with Gasteiger partial charge in [-0.2, -0.15) is 0 Å². The minimum atomic E-state index is 0.0700. The number of ether oxygens (including phenoxy) is 2. The summed E-state index contributed by atoms with van der Waals surface area (Å²) in [7, 11) is 1.90. The standard InChI is InChI=1S/C15H29NO2/c1-3-10-16-14(13-7-6-11-18-12-13)15(17-2)8-4-5-9-15/h13-14,16H,3-12H2,1-2H3. The summed E-state index contributed by atoms with van der Waals surface area (Å²) in [6, 6.07) is 0.477. The Balaban J connectivity index is 2.06. The molecular weight excluding hydrogens is 226 g/mol. The van der Waals surface area contributed by atoms with Crippen LogP contribution in [0.25, 0.3) is 0 Å². The van der Waals surface area contributed by atoms with Crippen LogP contribution in [-0.4, -0.2) is 38.5 Å². The monoisotopic (exact) mass is 255 g/mol. The molecule has 106 valence electrons. The van der Waals surface area contributed by atoms with Gasteiger partial charge >= 0.3 is 0 Å². The maximum atomic E-state index is 5.99. The Kier molecular flexibility index (Phi) is 5.46. The predicted molar refractivity (Wildman–Crippen MR) is 73.8 cm³/mol. The molecular formula is C15H29NO2. The molecule has 0 bridgehead atoms. The molecule has 0 radical (unpaired) electrons. The fourth-order valence-corrected chi connectivity index (χ4v) is 3.73. The van der Waals surface area contributed by atoms with Gasteiger partial charge in [0.05, 0.1) is 12.2 Å². The Bertz CT molecular complexity index is 233. The molecule has 2 aliphatic rings. The van der Waals surface area contributed by atoms with Gasteiger partial charge in [-0.15, -0.1) is 0 Å². The normalized spacial score (nSPS) is 29.3. The lowest BCUT2D eigenvalue weighted by Crippen LogP contribution is -2.56. The second kappa shape index (κ2) is 6.88. The van der Waals surface area contributed by atoms with E-state index >= 15 is 0 Å². The highest BCUT2D eigenvalue weighted by molar-refractivity contribution is 5.00. The van der Waals surface area contributed by atoms with E-state index in [1.165, 1.54) is 44.9 Å². The first-order valence-corrected chi connectivity index (χ1v) is 7.68. The number of rotatable bonds is 6. The van der Waals surface area contributed by atoms with Gasteiger partial charge in [0.25, 0.3) is 0 Å². The molecule has 3 nitrogen and oxygen atoms in total. The second-order valence-corrected chi connectivity index (χ2v) is 5.89. The van der Waals surface area contributed by atoms with Gasteiger partial charge < -0.3 is 14.8 Å². The first kappa shape index (κ1) is 14.3. The van der Waals surface area contributed by atoms with E-state index in [2.05, 4.69) is 12.2 Å². The molecule has 3 heteroatoms. The topological polar surface area (TPSA) is 30.5 Å². The minimum Gasteiger partial charge on any atom is -0.381 e.